The first kappa shape index (κ1) is 18.5. The van der Waals surface area contributed by atoms with Crippen molar-refractivity contribution >= 4 is 28.4 Å². The number of rotatable bonds is 4. The third-order valence-corrected chi connectivity index (χ3v) is 4.79. The molecule has 29 heavy (non-hydrogen) atoms. The van der Waals surface area contributed by atoms with Gasteiger partial charge < -0.3 is 14.8 Å². The summed E-state index contributed by atoms with van der Waals surface area (Å²) in [5, 5.41) is 3.73. The number of amides is 1. The Bertz CT molecular complexity index is 1210. The van der Waals surface area contributed by atoms with E-state index in [-0.39, 0.29) is 5.91 Å². The quantitative estimate of drug-likeness (QED) is 0.579. The van der Waals surface area contributed by atoms with Crippen LogP contribution in [0.4, 0.5) is 11.6 Å². The van der Waals surface area contributed by atoms with Crippen molar-refractivity contribution in [1.29, 1.82) is 0 Å². The number of hydrogen-bond acceptors (Lipinski definition) is 6. The highest BCUT2D eigenvalue weighted by Crippen LogP contribution is 2.24. The Hall–Kier alpha value is -3.81. The fourth-order valence-corrected chi connectivity index (χ4v) is 3.00. The van der Waals surface area contributed by atoms with Crippen molar-refractivity contribution in [2.24, 2.45) is 7.05 Å². The largest absolute Gasteiger partial charge is 0.363 e. The number of nitrogens with one attached hydrogen (secondary N) is 1. The number of aryl methyl sites for hydroxylation is 1. The van der Waals surface area contributed by atoms with Gasteiger partial charge in [0.25, 0.3) is 5.91 Å². The van der Waals surface area contributed by atoms with E-state index < -0.39 is 0 Å². The number of hydrogen-bond donors (Lipinski definition) is 1. The first-order valence-corrected chi connectivity index (χ1v) is 9.11. The van der Waals surface area contributed by atoms with Crippen LogP contribution in [0.3, 0.4) is 0 Å². The van der Waals surface area contributed by atoms with Crippen molar-refractivity contribution < 1.29 is 4.79 Å². The van der Waals surface area contributed by atoms with E-state index in [1.807, 2.05) is 55.9 Å². The Kier molecular flexibility index (Phi) is 4.67. The first-order valence-electron chi connectivity index (χ1n) is 9.11. The van der Waals surface area contributed by atoms with Gasteiger partial charge in [0, 0.05) is 50.0 Å². The maximum absolute atomic E-state index is 12.6. The number of nitrogens with zero attached hydrogens (tertiary/aromatic N) is 6. The Morgan fingerprint density at radius 2 is 1.86 bits per heavy atom. The second kappa shape index (κ2) is 7.31. The number of fused-ring (bicyclic) bond motifs is 1. The van der Waals surface area contributed by atoms with E-state index in [1.54, 1.807) is 30.7 Å². The van der Waals surface area contributed by atoms with Crippen LogP contribution in [-0.2, 0) is 7.05 Å². The summed E-state index contributed by atoms with van der Waals surface area (Å²) in [6, 6.07) is 7.25. The van der Waals surface area contributed by atoms with Crippen LogP contribution < -0.4 is 10.2 Å². The van der Waals surface area contributed by atoms with Crippen LogP contribution in [0.5, 0.6) is 0 Å². The summed E-state index contributed by atoms with van der Waals surface area (Å²) < 4.78 is 2.01. The van der Waals surface area contributed by atoms with Gasteiger partial charge in [0.1, 0.15) is 17.5 Å². The molecular weight excluding hydrogens is 366 g/mol. The van der Waals surface area contributed by atoms with E-state index in [4.69, 9.17) is 0 Å². The van der Waals surface area contributed by atoms with Crippen LogP contribution >= 0.6 is 0 Å². The van der Waals surface area contributed by atoms with Crippen LogP contribution in [0.2, 0.25) is 0 Å². The molecule has 8 heteroatoms. The fraction of sp³-hybridized carbons (Fsp3) is 0.190. The molecule has 4 heterocycles. The van der Waals surface area contributed by atoms with Crippen molar-refractivity contribution in [3.05, 3.63) is 60.4 Å². The molecule has 8 nitrogen and oxygen atoms in total. The summed E-state index contributed by atoms with van der Waals surface area (Å²) in [5.74, 6) is 1.86. The van der Waals surface area contributed by atoms with Crippen molar-refractivity contribution in [2.45, 2.75) is 6.92 Å². The molecule has 0 bridgehead atoms. The SMILES string of the molecule is Cc1ncc(-c2cnc3cnc(NC(=O)c4ccnc(N(C)C)c4)cc3c2)n1C. The van der Waals surface area contributed by atoms with Crippen molar-refractivity contribution in [1.82, 2.24) is 24.5 Å². The Morgan fingerprint density at radius 3 is 2.59 bits per heavy atom. The maximum Gasteiger partial charge on any atom is 0.257 e. The zero-order valence-corrected chi connectivity index (χ0v) is 16.7. The van der Waals surface area contributed by atoms with Gasteiger partial charge in [0.05, 0.1) is 23.6 Å². The molecule has 146 valence electrons. The highest BCUT2D eigenvalue weighted by molar-refractivity contribution is 6.04. The molecule has 0 atom stereocenters. The molecule has 0 aliphatic heterocycles. The van der Waals surface area contributed by atoms with Crippen LogP contribution in [-0.4, -0.2) is 44.5 Å². The third kappa shape index (κ3) is 3.64. The minimum Gasteiger partial charge on any atom is -0.363 e. The molecular formula is C21H21N7O. The van der Waals surface area contributed by atoms with E-state index >= 15 is 0 Å². The predicted octanol–water partition coefficient (Wildman–Crippen LogP) is 3.05. The lowest BCUT2D eigenvalue weighted by Crippen LogP contribution is -2.15. The van der Waals surface area contributed by atoms with Gasteiger partial charge in [-0.15, -0.1) is 0 Å². The van der Waals surface area contributed by atoms with Gasteiger partial charge in [-0.05, 0) is 31.2 Å². The second-order valence-electron chi connectivity index (χ2n) is 6.99. The van der Waals surface area contributed by atoms with Crippen LogP contribution in [0.1, 0.15) is 16.2 Å². The number of pyridine rings is 3. The zero-order valence-electron chi connectivity index (χ0n) is 16.7. The van der Waals surface area contributed by atoms with Gasteiger partial charge in [0.2, 0.25) is 0 Å². The van der Waals surface area contributed by atoms with Crippen molar-refractivity contribution in [3.8, 4) is 11.3 Å². The highest BCUT2D eigenvalue weighted by Gasteiger charge is 2.11. The standard InChI is InChI=1S/C21H21N7O/c1-13-23-12-18(28(13)4)16-7-15-8-19(25-11-17(15)24-10-16)26-21(29)14-5-6-22-20(9-14)27(2)3/h5-12H,1-4H3,(H,25,26,29). The van der Waals surface area contributed by atoms with E-state index in [2.05, 4.69) is 25.3 Å². The molecule has 4 rings (SSSR count). The second-order valence-corrected chi connectivity index (χ2v) is 6.99. The summed E-state index contributed by atoms with van der Waals surface area (Å²) in [5.41, 5.74) is 3.20. The molecule has 4 aromatic rings. The monoisotopic (exact) mass is 387 g/mol. The smallest absolute Gasteiger partial charge is 0.257 e. The van der Waals surface area contributed by atoms with E-state index in [9.17, 15) is 4.79 Å². The molecule has 1 N–H and O–H groups in total. The number of imidazole rings is 1. The number of anilines is 2. The minimum absolute atomic E-state index is 0.242. The molecule has 0 aliphatic rings. The molecule has 0 aliphatic carbocycles. The normalized spacial score (nSPS) is 10.9. The molecule has 0 saturated heterocycles. The number of carbonyl (C=O) groups excluding carboxylic acids is 1. The zero-order chi connectivity index (χ0) is 20.5. The molecule has 0 saturated carbocycles. The lowest BCUT2D eigenvalue weighted by Gasteiger charge is -2.12. The lowest BCUT2D eigenvalue weighted by molar-refractivity contribution is 0.102. The van der Waals surface area contributed by atoms with Crippen LogP contribution in [0.15, 0.2) is 49.1 Å². The molecule has 1 amide bonds. The summed E-state index contributed by atoms with van der Waals surface area (Å²) >= 11 is 0. The number of carbonyl (C=O) groups is 1. The third-order valence-electron chi connectivity index (χ3n) is 4.79. The molecule has 0 fully saturated rings. The summed E-state index contributed by atoms with van der Waals surface area (Å²) in [7, 11) is 5.73. The van der Waals surface area contributed by atoms with Crippen LogP contribution in [0, 0.1) is 6.92 Å². The molecule has 0 unspecified atom stereocenters. The molecule has 0 aromatic carbocycles. The topological polar surface area (TPSA) is 88.8 Å². The van der Waals surface area contributed by atoms with Crippen molar-refractivity contribution in [2.75, 3.05) is 24.3 Å². The van der Waals surface area contributed by atoms with Gasteiger partial charge in [-0.25, -0.2) is 15.0 Å². The Balaban J connectivity index is 1.63. The highest BCUT2D eigenvalue weighted by atomic mass is 16.1. The fourth-order valence-electron chi connectivity index (χ4n) is 3.00. The van der Waals surface area contributed by atoms with Crippen molar-refractivity contribution in [3.63, 3.8) is 0 Å². The Morgan fingerprint density at radius 1 is 1.03 bits per heavy atom. The predicted molar refractivity (Wildman–Crippen MR) is 113 cm³/mol. The summed E-state index contributed by atoms with van der Waals surface area (Å²) in [6.45, 7) is 1.95. The molecule has 0 spiro atoms. The van der Waals surface area contributed by atoms with E-state index in [0.29, 0.717) is 17.2 Å². The average molecular weight is 387 g/mol. The van der Waals surface area contributed by atoms with Gasteiger partial charge in [-0.3, -0.25) is 9.78 Å². The molecule has 0 radical (unpaired) electrons. The van der Waals surface area contributed by atoms with Gasteiger partial charge in [-0.2, -0.15) is 0 Å². The minimum atomic E-state index is -0.242. The Labute approximate surface area is 168 Å². The lowest BCUT2D eigenvalue weighted by atomic mass is 10.1. The van der Waals surface area contributed by atoms with Gasteiger partial charge in [0.15, 0.2) is 0 Å². The van der Waals surface area contributed by atoms with E-state index in [1.165, 1.54) is 0 Å². The maximum atomic E-state index is 12.6. The summed E-state index contributed by atoms with van der Waals surface area (Å²) in [4.78, 5) is 31.9. The average Bonchev–Trinajstić information content (AvgIpc) is 3.06. The van der Waals surface area contributed by atoms with Gasteiger partial charge >= 0.3 is 0 Å². The summed E-state index contributed by atoms with van der Waals surface area (Å²) in [6.07, 6.45) is 6.90. The van der Waals surface area contributed by atoms with Crippen LogP contribution in [0.25, 0.3) is 22.2 Å². The first-order chi connectivity index (χ1) is 13.9. The number of aromatic nitrogens is 5. The molecule has 4 aromatic heterocycles. The van der Waals surface area contributed by atoms with E-state index in [0.717, 1.165) is 28.0 Å². The van der Waals surface area contributed by atoms with Gasteiger partial charge in [-0.1, -0.05) is 0 Å².